The van der Waals surface area contributed by atoms with E-state index in [1.807, 2.05) is 4.90 Å². The van der Waals surface area contributed by atoms with Crippen molar-refractivity contribution in [2.45, 2.75) is 32.7 Å². The van der Waals surface area contributed by atoms with E-state index in [2.05, 4.69) is 31.8 Å². The number of carbonyl (C=O) groups is 1. The lowest BCUT2D eigenvalue weighted by Crippen LogP contribution is -2.52. The third-order valence-electron chi connectivity index (χ3n) is 3.28. The molecule has 1 rings (SSSR count). The number of carbonyl (C=O) groups excluding carboxylic acids is 1. The van der Waals surface area contributed by atoms with Gasteiger partial charge in [-0.2, -0.15) is 5.26 Å². The highest BCUT2D eigenvalue weighted by atomic mass is 16.2. The maximum absolute atomic E-state index is 11.6. The molecule has 0 aromatic rings. The lowest BCUT2D eigenvalue weighted by molar-refractivity contribution is -0.123. The molecule has 1 saturated heterocycles. The standard InChI is InChI=1S/C13H21N3O/c1-4-7-15-12(17)10-16-8-5-6-13(2,3)11(16)9-14/h4,11H,1,5-8,10H2,2-3H3,(H,15,17)/t11-/m1/s1. The number of hydrogen-bond acceptors (Lipinski definition) is 3. The minimum Gasteiger partial charge on any atom is -0.352 e. The van der Waals surface area contributed by atoms with Gasteiger partial charge >= 0.3 is 0 Å². The predicted molar refractivity (Wildman–Crippen MR) is 67.2 cm³/mol. The summed E-state index contributed by atoms with van der Waals surface area (Å²) >= 11 is 0. The maximum Gasteiger partial charge on any atom is 0.234 e. The van der Waals surface area contributed by atoms with E-state index in [9.17, 15) is 10.1 Å². The summed E-state index contributed by atoms with van der Waals surface area (Å²) in [5, 5.41) is 12.0. The van der Waals surface area contributed by atoms with E-state index < -0.39 is 0 Å². The van der Waals surface area contributed by atoms with Gasteiger partial charge in [0.1, 0.15) is 6.04 Å². The highest BCUT2D eigenvalue weighted by Gasteiger charge is 2.38. The SMILES string of the molecule is C=CCNC(=O)CN1CCCC(C)(C)[C@H]1C#N. The minimum absolute atomic E-state index is 0.0360. The van der Waals surface area contributed by atoms with Gasteiger partial charge in [0, 0.05) is 6.54 Å². The summed E-state index contributed by atoms with van der Waals surface area (Å²) in [4.78, 5) is 13.6. The molecule has 4 heteroatoms. The maximum atomic E-state index is 11.6. The Hall–Kier alpha value is -1.34. The molecule has 0 aromatic heterocycles. The predicted octanol–water partition coefficient (Wildman–Crippen LogP) is 1.30. The van der Waals surface area contributed by atoms with Crippen LogP contribution < -0.4 is 5.32 Å². The normalized spacial score (nSPS) is 23.7. The van der Waals surface area contributed by atoms with Gasteiger partial charge in [0.2, 0.25) is 5.91 Å². The van der Waals surface area contributed by atoms with Crippen molar-refractivity contribution in [3.8, 4) is 6.07 Å². The molecule has 1 aliphatic heterocycles. The van der Waals surface area contributed by atoms with Crippen LogP contribution in [0.3, 0.4) is 0 Å². The molecule has 0 spiro atoms. The van der Waals surface area contributed by atoms with Gasteiger partial charge in [0.25, 0.3) is 0 Å². The van der Waals surface area contributed by atoms with E-state index >= 15 is 0 Å². The van der Waals surface area contributed by atoms with Crippen molar-refractivity contribution >= 4 is 5.91 Å². The lowest BCUT2D eigenvalue weighted by atomic mass is 9.77. The molecule has 0 unspecified atom stereocenters. The van der Waals surface area contributed by atoms with Crippen LogP contribution in [0.5, 0.6) is 0 Å². The molecule has 1 atom stereocenters. The zero-order chi connectivity index (χ0) is 12.9. The number of nitrogens with zero attached hydrogens (tertiary/aromatic N) is 2. The number of nitriles is 1. The van der Waals surface area contributed by atoms with Gasteiger partial charge in [-0.25, -0.2) is 0 Å². The van der Waals surface area contributed by atoms with E-state index in [0.717, 1.165) is 19.4 Å². The third kappa shape index (κ3) is 3.57. The van der Waals surface area contributed by atoms with Gasteiger partial charge in [-0.3, -0.25) is 9.69 Å². The molecule has 1 fully saturated rings. The Balaban J connectivity index is 2.60. The highest BCUT2D eigenvalue weighted by Crippen LogP contribution is 2.34. The number of amides is 1. The Morgan fingerprint density at radius 2 is 2.41 bits per heavy atom. The molecule has 0 bridgehead atoms. The van der Waals surface area contributed by atoms with Gasteiger partial charge in [-0.05, 0) is 24.8 Å². The molecular formula is C13H21N3O. The summed E-state index contributed by atoms with van der Waals surface area (Å²) in [6.07, 6.45) is 3.73. The lowest BCUT2D eigenvalue weighted by Gasteiger charge is -2.42. The molecule has 0 aromatic carbocycles. The molecule has 4 nitrogen and oxygen atoms in total. The van der Waals surface area contributed by atoms with Crippen molar-refractivity contribution in [2.24, 2.45) is 5.41 Å². The Bertz CT molecular complexity index is 330. The molecule has 0 radical (unpaired) electrons. The van der Waals surface area contributed by atoms with Crippen molar-refractivity contribution in [3.63, 3.8) is 0 Å². The summed E-state index contributed by atoms with van der Waals surface area (Å²) in [7, 11) is 0. The van der Waals surface area contributed by atoms with Crippen molar-refractivity contribution in [2.75, 3.05) is 19.6 Å². The molecule has 17 heavy (non-hydrogen) atoms. The van der Waals surface area contributed by atoms with Crippen LogP contribution in [0.4, 0.5) is 0 Å². The van der Waals surface area contributed by atoms with E-state index in [1.54, 1.807) is 6.08 Å². The first kappa shape index (κ1) is 13.7. The molecular weight excluding hydrogens is 214 g/mol. The first-order valence-corrected chi connectivity index (χ1v) is 6.02. The smallest absolute Gasteiger partial charge is 0.234 e. The van der Waals surface area contributed by atoms with Crippen molar-refractivity contribution in [1.29, 1.82) is 5.26 Å². The van der Waals surface area contributed by atoms with Gasteiger partial charge in [0.05, 0.1) is 12.6 Å². The largest absolute Gasteiger partial charge is 0.352 e. The Kier molecular flexibility index (Phi) is 4.71. The molecule has 1 aliphatic rings. The van der Waals surface area contributed by atoms with E-state index in [-0.39, 0.29) is 17.4 Å². The fourth-order valence-corrected chi connectivity index (χ4v) is 2.35. The van der Waals surface area contributed by atoms with Gasteiger partial charge < -0.3 is 5.32 Å². The monoisotopic (exact) mass is 235 g/mol. The molecule has 1 amide bonds. The van der Waals surface area contributed by atoms with Crippen molar-refractivity contribution in [3.05, 3.63) is 12.7 Å². The zero-order valence-electron chi connectivity index (χ0n) is 10.7. The summed E-state index contributed by atoms with van der Waals surface area (Å²) in [6.45, 7) is 9.34. The van der Waals surface area contributed by atoms with Crippen LogP contribution in [0, 0.1) is 16.7 Å². The fourth-order valence-electron chi connectivity index (χ4n) is 2.35. The van der Waals surface area contributed by atoms with Gasteiger partial charge in [0.15, 0.2) is 0 Å². The average Bonchev–Trinajstić information content (AvgIpc) is 2.25. The van der Waals surface area contributed by atoms with Crippen LogP contribution in [0.2, 0.25) is 0 Å². The Labute approximate surface area is 103 Å². The topological polar surface area (TPSA) is 56.1 Å². The van der Waals surface area contributed by atoms with Gasteiger partial charge in [-0.15, -0.1) is 6.58 Å². The second kappa shape index (κ2) is 5.83. The highest BCUT2D eigenvalue weighted by molar-refractivity contribution is 5.78. The number of hydrogen-bond donors (Lipinski definition) is 1. The fraction of sp³-hybridized carbons (Fsp3) is 0.692. The van der Waals surface area contributed by atoms with Crippen LogP contribution >= 0.6 is 0 Å². The van der Waals surface area contributed by atoms with Gasteiger partial charge in [-0.1, -0.05) is 19.9 Å². The Morgan fingerprint density at radius 1 is 1.71 bits per heavy atom. The summed E-state index contributed by atoms with van der Waals surface area (Å²) in [5.41, 5.74) is -0.0360. The van der Waals surface area contributed by atoms with Crippen LogP contribution in [0.25, 0.3) is 0 Å². The average molecular weight is 235 g/mol. The summed E-state index contributed by atoms with van der Waals surface area (Å²) < 4.78 is 0. The molecule has 0 saturated carbocycles. The number of rotatable bonds is 4. The van der Waals surface area contributed by atoms with Crippen LogP contribution in [-0.2, 0) is 4.79 Å². The second-order valence-electron chi connectivity index (χ2n) is 5.19. The van der Waals surface area contributed by atoms with E-state index in [4.69, 9.17) is 0 Å². The number of nitrogens with one attached hydrogen (secondary N) is 1. The summed E-state index contributed by atoms with van der Waals surface area (Å²) in [5.74, 6) is -0.0390. The van der Waals surface area contributed by atoms with Crippen LogP contribution in [-0.4, -0.2) is 36.5 Å². The second-order valence-corrected chi connectivity index (χ2v) is 5.19. The third-order valence-corrected chi connectivity index (χ3v) is 3.28. The number of piperidine rings is 1. The Morgan fingerprint density at radius 3 is 3.00 bits per heavy atom. The molecule has 1 N–H and O–H groups in total. The minimum atomic E-state index is -0.175. The molecule has 94 valence electrons. The van der Waals surface area contributed by atoms with Crippen LogP contribution in [0.15, 0.2) is 12.7 Å². The molecule has 1 heterocycles. The quantitative estimate of drug-likeness (QED) is 0.747. The first-order chi connectivity index (χ1) is 8.01. The number of likely N-dealkylation sites (tertiary alicyclic amines) is 1. The van der Waals surface area contributed by atoms with Crippen LogP contribution in [0.1, 0.15) is 26.7 Å². The zero-order valence-corrected chi connectivity index (χ0v) is 10.7. The van der Waals surface area contributed by atoms with Crippen molar-refractivity contribution < 1.29 is 4.79 Å². The van der Waals surface area contributed by atoms with E-state index in [1.165, 1.54) is 0 Å². The van der Waals surface area contributed by atoms with E-state index in [0.29, 0.717) is 13.1 Å². The molecule has 0 aliphatic carbocycles. The van der Waals surface area contributed by atoms with Crippen molar-refractivity contribution in [1.82, 2.24) is 10.2 Å². The first-order valence-electron chi connectivity index (χ1n) is 6.02. The summed E-state index contributed by atoms with van der Waals surface area (Å²) in [6, 6.07) is 2.16.